The Kier molecular flexibility index (Phi) is 11.3. The van der Waals surface area contributed by atoms with Gasteiger partial charge in [-0.2, -0.15) is 0 Å². The van der Waals surface area contributed by atoms with Crippen LogP contribution in [-0.2, 0) is 0 Å². The van der Waals surface area contributed by atoms with Gasteiger partial charge in [0, 0.05) is 6.54 Å². The highest BCUT2D eigenvalue weighted by Crippen LogP contribution is 2.22. The van der Waals surface area contributed by atoms with E-state index in [0.29, 0.717) is 0 Å². The molecule has 0 bridgehead atoms. The SMILES string of the molecule is C=CNCCC(CCCCC(C)C)CCC(C)C. The molecule has 0 radical (unpaired) electrons. The summed E-state index contributed by atoms with van der Waals surface area (Å²) >= 11 is 0. The van der Waals surface area contributed by atoms with E-state index in [4.69, 9.17) is 0 Å². The van der Waals surface area contributed by atoms with Gasteiger partial charge in [-0.15, -0.1) is 0 Å². The highest BCUT2D eigenvalue weighted by molar-refractivity contribution is 4.67. The van der Waals surface area contributed by atoms with E-state index in [-0.39, 0.29) is 0 Å². The first-order valence-corrected chi connectivity index (χ1v) is 7.90. The molecule has 1 nitrogen and oxygen atoms in total. The summed E-state index contributed by atoms with van der Waals surface area (Å²) in [6.07, 6.45) is 11.5. The molecule has 0 rings (SSSR count). The first kappa shape index (κ1) is 17.5. The zero-order chi connectivity index (χ0) is 13.8. The van der Waals surface area contributed by atoms with Crippen LogP contribution >= 0.6 is 0 Å². The van der Waals surface area contributed by atoms with Gasteiger partial charge < -0.3 is 5.32 Å². The van der Waals surface area contributed by atoms with Crippen LogP contribution in [0.5, 0.6) is 0 Å². The second-order valence-corrected chi connectivity index (χ2v) is 6.46. The van der Waals surface area contributed by atoms with E-state index in [1.54, 1.807) is 0 Å². The predicted molar refractivity (Wildman–Crippen MR) is 83.7 cm³/mol. The Balaban J connectivity index is 3.76. The molecule has 0 aromatic rings. The largest absolute Gasteiger partial charge is 0.391 e. The van der Waals surface area contributed by atoms with Crippen LogP contribution < -0.4 is 5.32 Å². The first-order valence-electron chi connectivity index (χ1n) is 7.90. The molecule has 0 amide bonds. The second kappa shape index (κ2) is 11.6. The Labute approximate surface area is 115 Å². The van der Waals surface area contributed by atoms with Crippen LogP contribution in [0, 0.1) is 17.8 Å². The van der Waals surface area contributed by atoms with Crippen molar-refractivity contribution >= 4 is 0 Å². The molecule has 18 heavy (non-hydrogen) atoms. The quantitative estimate of drug-likeness (QED) is 0.460. The number of rotatable bonds is 12. The molecule has 0 aliphatic rings. The number of hydrogen-bond acceptors (Lipinski definition) is 1. The molecule has 1 N–H and O–H groups in total. The van der Waals surface area contributed by atoms with Crippen molar-refractivity contribution in [3.05, 3.63) is 12.8 Å². The second-order valence-electron chi connectivity index (χ2n) is 6.46. The Bertz CT molecular complexity index is 184. The van der Waals surface area contributed by atoms with Crippen LogP contribution in [-0.4, -0.2) is 6.54 Å². The van der Waals surface area contributed by atoms with Gasteiger partial charge in [0.2, 0.25) is 0 Å². The lowest BCUT2D eigenvalue weighted by Gasteiger charge is -2.18. The van der Waals surface area contributed by atoms with E-state index in [1.165, 1.54) is 44.9 Å². The average Bonchev–Trinajstić information content (AvgIpc) is 2.30. The van der Waals surface area contributed by atoms with Crippen LogP contribution in [0.3, 0.4) is 0 Å². The molecular weight excluding hydrogens is 218 g/mol. The van der Waals surface area contributed by atoms with Gasteiger partial charge in [0.1, 0.15) is 0 Å². The van der Waals surface area contributed by atoms with Crippen molar-refractivity contribution in [1.82, 2.24) is 5.32 Å². The molecule has 0 heterocycles. The molecular formula is C17H35N. The summed E-state index contributed by atoms with van der Waals surface area (Å²) in [5.41, 5.74) is 0. The minimum atomic E-state index is 0.843. The van der Waals surface area contributed by atoms with Crippen LogP contribution in [0.25, 0.3) is 0 Å². The van der Waals surface area contributed by atoms with Crippen LogP contribution in [0.1, 0.15) is 72.6 Å². The van der Waals surface area contributed by atoms with Gasteiger partial charge >= 0.3 is 0 Å². The minimum absolute atomic E-state index is 0.843. The lowest BCUT2D eigenvalue weighted by Crippen LogP contribution is -2.13. The molecule has 0 aromatic heterocycles. The van der Waals surface area contributed by atoms with Crippen molar-refractivity contribution in [1.29, 1.82) is 0 Å². The molecule has 0 aromatic carbocycles. The normalized spacial score (nSPS) is 13.0. The summed E-state index contributed by atoms with van der Waals surface area (Å²) in [5, 5.41) is 3.24. The van der Waals surface area contributed by atoms with E-state index in [0.717, 1.165) is 24.3 Å². The Morgan fingerprint density at radius 1 is 0.833 bits per heavy atom. The van der Waals surface area contributed by atoms with Crippen LogP contribution in [0.4, 0.5) is 0 Å². The monoisotopic (exact) mass is 253 g/mol. The third-order valence-electron chi connectivity index (χ3n) is 3.64. The number of hydrogen-bond donors (Lipinski definition) is 1. The van der Waals surface area contributed by atoms with Gasteiger partial charge in [0.15, 0.2) is 0 Å². The van der Waals surface area contributed by atoms with E-state index >= 15 is 0 Å². The summed E-state index contributed by atoms with van der Waals surface area (Å²) in [7, 11) is 0. The highest BCUT2D eigenvalue weighted by Gasteiger charge is 2.09. The van der Waals surface area contributed by atoms with Crippen molar-refractivity contribution in [2.45, 2.75) is 72.6 Å². The van der Waals surface area contributed by atoms with Crippen molar-refractivity contribution < 1.29 is 0 Å². The molecule has 1 unspecified atom stereocenters. The lowest BCUT2D eigenvalue weighted by molar-refractivity contribution is 0.360. The fraction of sp³-hybridized carbons (Fsp3) is 0.882. The predicted octanol–water partition coefficient (Wildman–Crippen LogP) is 5.38. The maximum absolute atomic E-state index is 3.72. The molecule has 0 fully saturated rings. The summed E-state index contributed by atoms with van der Waals surface area (Å²) < 4.78 is 0. The maximum atomic E-state index is 3.72. The molecule has 108 valence electrons. The molecule has 1 atom stereocenters. The lowest BCUT2D eigenvalue weighted by atomic mass is 9.90. The van der Waals surface area contributed by atoms with Crippen LogP contribution in [0.15, 0.2) is 12.8 Å². The van der Waals surface area contributed by atoms with E-state index < -0.39 is 0 Å². The summed E-state index contributed by atoms with van der Waals surface area (Å²) in [4.78, 5) is 0. The van der Waals surface area contributed by atoms with Crippen molar-refractivity contribution in [3.63, 3.8) is 0 Å². The third kappa shape index (κ3) is 12.0. The van der Waals surface area contributed by atoms with Gasteiger partial charge in [0.25, 0.3) is 0 Å². The molecule has 0 spiro atoms. The topological polar surface area (TPSA) is 12.0 Å². The van der Waals surface area contributed by atoms with Crippen molar-refractivity contribution in [2.24, 2.45) is 17.8 Å². The standard InChI is InChI=1S/C17H35N/c1-6-18-14-13-17(12-11-16(4)5)10-8-7-9-15(2)3/h6,15-18H,1,7-14H2,2-5H3. The van der Waals surface area contributed by atoms with Gasteiger partial charge in [-0.3, -0.25) is 0 Å². The fourth-order valence-electron chi connectivity index (χ4n) is 2.38. The summed E-state index contributed by atoms with van der Waals surface area (Å²) in [6, 6.07) is 0. The summed E-state index contributed by atoms with van der Waals surface area (Å²) in [5.74, 6) is 2.61. The van der Waals surface area contributed by atoms with Gasteiger partial charge in [0.05, 0.1) is 0 Å². The molecule has 0 aliphatic carbocycles. The smallest absolute Gasteiger partial charge is 0.0143 e. The van der Waals surface area contributed by atoms with E-state index in [1.807, 2.05) is 6.20 Å². The van der Waals surface area contributed by atoms with Crippen molar-refractivity contribution in [3.8, 4) is 0 Å². The zero-order valence-electron chi connectivity index (χ0n) is 13.2. The summed E-state index contributed by atoms with van der Waals surface area (Å²) in [6.45, 7) is 14.1. The van der Waals surface area contributed by atoms with E-state index in [2.05, 4.69) is 39.6 Å². The van der Waals surface area contributed by atoms with E-state index in [9.17, 15) is 0 Å². The average molecular weight is 253 g/mol. The van der Waals surface area contributed by atoms with Crippen LogP contribution in [0.2, 0.25) is 0 Å². The Morgan fingerprint density at radius 3 is 2.00 bits per heavy atom. The first-order chi connectivity index (χ1) is 8.56. The fourth-order valence-corrected chi connectivity index (χ4v) is 2.38. The minimum Gasteiger partial charge on any atom is -0.391 e. The Morgan fingerprint density at radius 2 is 1.44 bits per heavy atom. The van der Waals surface area contributed by atoms with Gasteiger partial charge in [-0.1, -0.05) is 72.8 Å². The molecule has 0 aliphatic heterocycles. The molecule has 1 heteroatoms. The number of nitrogens with one attached hydrogen (secondary N) is 1. The molecule has 0 saturated carbocycles. The maximum Gasteiger partial charge on any atom is 0.0143 e. The highest BCUT2D eigenvalue weighted by atomic mass is 14.8. The van der Waals surface area contributed by atoms with Gasteiger partial charge in [-0.25, -0.2) is 0 Å². The number of unbranched alkanes of at least 4 members (excludes halogenated alkanes) is 1. The zero-order valence-corrected chi connectivity index (χ0v) is 13.2. The van der Waals surface area contributed by atoms with Gasteiger partial charge in [-0.05, 0) is 30.4 Å². The van der Waals surface area contributed by atoms with Crippen molar-refractivity contribution in [2.75, 3.05) is 6.54 Å². The Hall–Kier alpha value is -0.460. The third-order valence-corrected chi connectivity index (χ3v) is 3.64. The molecule has 0 saturated heterocycles.